The van der Waals surface area contributed by atoms with Crippen LogP contribution < -0.4 is 0 Å². The Morgan fingerprint density at radius 3 is 2.69 bits per heavy atom. The molecule has 0 radical (unpaired) electrons. The second-order valence-electron chi connectivity index (χ2n) is 6.14. The van der Waals surface area contributed by atoms with Gasteiger partial charge in [-0.15, -0.1) is 10.2 Å². The molecule has 134 valence electrons. The van der Waals surface area contributed by atoms with Crippen LogP contribution in [0, 0.1) is 3.57 Å². The van der Waals surface area contributed by atoms with E-state index in [1.807, 2.05) is 12.1 Å². The number of fused-ring (bicyclic) bond motifs is 1. The van der Waals surface area contributed by atoms with Crippen molar-refractivity contribution in [2.24, 2.45) is 10.2 Å². The Morgan fingerprint density at radius 2 is 1.96 bits per heavy atom. The van der Waals surface area contributed by atoms with E-state index in [9.17, 15) is 9.90 Å². The number of aromatic amines is 1. The van der Waals surface area contributed by atoms with Gasteiger partial charge in [0.15, 0.2) is 5.69 Å². The maximum absolute atomic E-state index is 12.1. The molecule has 1 heterocycles. The maximum Gasteiger partial charge on any atom is 0.295 e. The highest BCUT2D eigenvalue weighted by molar-refractivity contribution is 14.1. The van der Waals surface area contributed by atoms with Crippen LogP contribution in [0.4, 0.5) is 5.69 Å². The van der Waals surface area contributed by atoms with Gasteiger partial charge in [0.25, 0.3) is 5.91 Å². The highest BCUT2D eigenvalue weighted by Gasteiger charge is 2.15. The molecule has 0 saturated carbocycles. The molecule has 3 rings (SSSR count). The number of hydrogen-bond acceptors (Lipinski definition) is 3. The standard InChI is InChI=1S/C20H20IN3O2/c1-2-3-5-10-14-11-15(21)12-16-17(14)22-20(26)18(16)23-24-19(25)13-8-6-4-7-9-13/h4,6-9,11-12,22,26H,2-3,5,10H2,1H3. The number of aromatic nitrogens is 1. The Balaban J connectivity index is 1.95. The molecule has 0 unspecified atom stereocenters. The van der Waals surface area contributed by atoms with E-state index in [1.165, 1.54) is 0 Å². The number of hydrogen-bond donors (Lipinski definition) is 2. The minimum Gasteiger partial charge on any atom is -0.493 e. The Kier molecular flexibility index (Phi) is 6.03. The molecule has 0 bridgehead atoms. The second kappa shape index (κ2) is 8.44. The van der Waals surface area contributed by atoms with Crippen LogP contribution in [0.5, 0.6) is 5.88 Å². The van der Waals surface area contributed by atoms with E-state index in [4.69, 9.17) is 0 Å². The molecule has 26 heavy (non-hydrogen) atoms. The van der Waals surface area contributed by atoms with Gasteiger partial charge in [0.2, 0.25) is 5.88 Å². The number of carbonyl (C=O) groups excluding carboxylic acids is 1. The van der Waals surface area contributed by atoms with E-state index in [0.717, 1.165) is 45.7 Å². The number of benzene rings is 2. The van der Waals surface area contributed by atoms with Gasteiger partial charge in [-0.05, 0) is 65.3 Å². The quantitative estimate of drug-likeness (QED) is 0.263. The normalized spacial score (nSPS) is 11.5. The van der Waals surface area contributed by atoms with Gasteiger partial charge in [-0.25, -0.2) is 0 Å². The van der Waals surface area contributed by atoms with Crippen molar-refractivity contribution in [2.45, 2.75) is 32.6 Å². The Morgan fingerprint density at radius 1 is 1.19 bits per heavy atom. The number of carbonyl (C=O) groups is 1. The average Bonchev–Trinajstić information content (AvgIpc) is 2.96. The van der Waals surface area contributed by atoms with Crippen LogP contribution in [0.15, 0.2) is 52.7 Å². The third kappa shape index (κ3) is 4.12. The number of rotatable bonds is 6. The minimum atomic E-state index is -0.437. The molecule has 0 atom stereocenters. The lowest BCUT2D eigenvalue weighted by molar-refractivity contribution is 0.0995. The van der Waals surface area contributed by atoms with Crippen molar-refractivity contribution in [2.75, 3.05) is 0 Å². The lowest BCUT2D eigenvalue weighted by Crippen LogP contribution is -1.92. The number of nitrogens with one attached hydrogen (secondary N) is 1. The summed E-state index contributed by atoms with van der Waals surface area (Å²) in [5.41, 5.74) is 2.77. The number of nitrogens with zero attached hydrogens (tertiary/aromatic N) is 2. The fourth-order valence-corrected chi connectivity index (χ4v) is 3.59. The monoisotopic (exact) mass is 461 g/mol. The van der Waals surface area contributed by atoms with E-state index < -0.39 is 5.91 Å². The third-order valence-electron chi connectivity index (χ3n) is 4.22. The number of H-pyrrole nitrogens is 1. The SMILES string of the molecule is CCCCCc1cc(I)cc2c(N=NC(=O)c3ccccc3)c(O)[nH]c12. The number of azo groups is 1. The third-order valence-corrected chi connectivity index (χ3v) is 4.84. The summed E-state index contributed by atoms with van der Waals surface area (Å²) in [5, 5.41) is 18.9. The summed E-state index contributed by atoms with van der Waals surface area (Å²) < 4.78 is 1.06. The zero-order chi connectivity index (χ0) is 18.5. The van der Waals surface area contributed by atoms with E-state index in [2.05, 4.69) is 50.8 Å². The summed E-state index contributed by atoms with van der Waals surface area (Å²) in [5.74, 6) is -0.503. The van der Waals surface area contributed by atoms with Crippen LogP contribution >= 0.6 is 22.6 Å². The van der Waals surface area contributed by atoms with E-state index >= 15 is 0 Å². The van der Waals surface area contributed by atoms with Gasteiger partial charge in [-0.1, -0.05) is 38.0 Å². The fraction of sp³-hybridized carbons (Fsp3) is 0.250. The zero-order valence-corrected chi connectivity index (χ0v) is 16.7. The molecule has 2 aromatic carbocycles. The van der Waals surface area contributed by atoms with Crippen molar-refractivity contribution in [3.8, 4) is 5.88 Å². The number of amides is 1. The molecule has 3 aromatic rings. The molecule has 0 aliphatic carbocycles. The number of halogens is 1. The lowest BCUT2D eigenvalue weighted by atomic mass is 10.0. The number of unbranched alkanes of at least 4 members (excludes halogenated alkanes) is 2. The van der Waals surface area contributed by atoms with Gasteiger partial charge in [0.1, 0.15) is 0 Å². The topological polar surface area (TPSA) is 77.8 Å². The molecule has 0 saturated heterocycles. The molecule has 2 N–H and O–H groups in total. The first-order valence-corrected chi connectivity index (χ1v) is 9.72. The highest BCUT2D eigenvalue weighted by Crippen LogP contribution is 2.38. The van der Waals surface area contributed by atoms with Crippen molar-refractivity contribution in [1.82, 2.24) is 4.98 Å². The van der Waals surface area contributed by atoms with Gasteiger partial charge in [0.05, 0.1) is 5.52 Å². The molecule has 1 amide bonds. The molecule has 6 heteroatoms. The van der Waals surface area contributed by atoms with Crippen molar-refractivity contribution in [3.05, 3.63) is 57.2 Å². The highest BCUT2D eigenvalue weighted by atomic mass is 127. The summed E-state index contributed by atoms with van der Waals surface area (Å²) >= 11 is 2.26. The van der Waals surface area contributed by atoms with Crippen molar-refractivity contribution in [3.63, 3.8) is 0 Å². The predicted molar refractivity (Wildman–Crippen MR) is 111 cm³/mol. The predicted octanol–water partition coefficient (Wildman–Crippen LogP) is 6.13. The van der Waals surface area contributed by atoms with Crippen molar-refractivity contribution in [1.29, 1.82) is 0 Å². The second-order valence-corrected chi connectivity index (χ2v) is 7.38. The van der Waals surface area contributed by atoms with Crippen molar-refractivity contribution >= 4 is 45.1 Å². The van der Waals surface area contributed by atoms with E-state index in [-0.39, 0.29) is 5.88 Å². The minimum absolute atomic E-state index is 0.0663. The van der Waals surface area contributed by atoms with Gasteiger partial charge >= 0.3 is 0 Å². The Labute approximate surface area is 165 Å². The van der Waals surface area contributed by atoms with E-state index in [0.29, 0.717) is 11.3 Å². The van der Waals surface area contributed by atoms with Gasteiger partial charge < -0.3 is 10.1 Å². The van der Waals surface area contributed by atoms with E-state index in [1.54, 1.807) is 24.3 Å². The smallest absolute Gasteiger partial charge is 0.295 e. The first kappa shape index (κ1) is 18.6. The van der Waals surface area contributed by atoms with Crippen LogP contribution in [0.25, 0.3) is 10.9 Å². The fourth-order valence-electron chi connectivity index (χ4n) is 2.90. The summed E-state index contributed by atoms with van der Waals surface area (Å²) in [6.45, 7) is 2.17. The summed E-state index contributed by atoms with van der Waals surface area (Å²) in [6, 6.07) is 12.8. The van der Waals surface area contributed by atoms with Gasteiger partial charge in [0, 0.05) is 14.5 Å². The lowest BCUT2D eigenvalue weighted by Gasteiger charge is -2.04. The molecule has 1 aromatic heterocycles. The average molecular weight is 461 g/mol. The summed E-state index contributed by atoms with van der Waals surface area (Å²) in [4.78, 5) is 15.1. The molecular weight excluding hydrogens is 441 g/mol. The summed E-state index contributed by atoms with van der Waals surface area (Å²) in [6.07, 6.45) is 4.34. The van der Waals surface area contributed by atoms with Crippen LogP contribution in [0.2, 0.25) is 0 Å². The van der Waals surface area contributed by atoms with Crippen LogP contribution in [-0.2, 0) is 6.42 Å². The van der Waals surface area contributed by atoms with Crippen LogP contribution in [0.1, 0.15) is 42.1 Å². The van der Waals surface area contributed by atoms with Crippen molar-refractivity contribution < 1.29 is 9.90 Å². The molecule has 0 spiro atoms. The zero-order valence-electron chi connectivity index (χ0n) is 14.5. The first-order chi connectivity index (χ1) is 12.6. The molecule has 0 aliphatic rings. The first-order valence-electron chi connectivity index (χ1n) is 8.64. The Hall–Kier alpha value is -2.22. The molecule has 5 nitrogen and oxygen atoms in total. The van der Waals surface area contributed by atoms with Gasteiger partial charge in [-0.2, -0.15) is 0 Å². The summed E-state index contributed by atoms with van der Waals surface area (Å²) in [7, 11) is 0. The number of aromatic hydroxyl groups is 1. The van der Waals surface area contributed by atoms with Gasteiger partial charge in [-0.3, -0.25) is 4.79 Å². The molecule has 0 fully saturated rings. The Bertz CT molecular complexity index is 949. The van der Waals surface area contributed by atoms with Crippen LogP contribution in [-0.4, -0.2) is 16.0 Å². The van der Waals surface area contributed by atoms with Crippen LogP contribution in [0.3, 0.4) is 0 Å². The molecule has 0 aliphatic heterocycles. The molecular formula is C20H20IN3O2. The largest absolute Gasteiger partial charge is 0.493 e. The number of aryl methyl sites for hydroxylation is 1. The maximum atomic E-state index is 12.1.